The Bertz CT molecular complexity index is 351. The van der Waals surface area contributed by atoms with Crippen LogP contribution in [0.5, 0.6) is 0 Å². The summed E-state index contributed by atoms with van der Waals surface area (Å²) in [5.74, 6) is -0.117. The smallest absolute Gasteiger partial charge is 0.253 e. The lowest BCUT2D eigenvalue weighted by Gasteiger charge is -2.09. The van der Waals surface area contributed by atoms with Crippen LogP contribution in [0.4, 0.5) is 5.69 Å². The normalized spacial score (nSPS) is 9.82. The van der Waals surface area contributed by atoms with Crippen LogP contribution in [0.15, 0.2) is 24.3 Å². The summed E-state index contributed by atoms with van der Waals surface area (Å²) in [6.07, 6.45) is 0. The molecule has 96 valence electrons. The summed E-state index contributed by atoms with van der Waals surface area (Å²) >= 11 is 10.1. The van der Waals surface area contributed by atoms with Gasteiger partial charge in [0.1, 0.15) is 4.84 Å². The van der Waals surface area contributed by atoms with Crippen molar-refractivity contribution in [2.45, 2.75) is 31.6 Å². The Morgan fingerprint density at radius 3 is 2.12 bits per heavy atom. The number of alkyl halides is 2. The molecule has 0 aromatic heterocycles. The molecule has 0 spiro atoms. The molecule has 0 fully saturated rings. The maximum absolute atomic E-state index is 11.5. The molecule has 0 bridgehead atoms. The van der Waals surface area contributed by atoms with E-state index in [1.165, 1.54) is 0 Å². The van der Waals surface area contributed by atoms with Crippen LogP contribution in [0, 0.1) is 0 Å². The number of nitrogen functional groups attached to an aromatic ring is 1. The number of rotatable bonds is 2. The van der Waals surface area contributed by atoms with Crippen molar-refractivity contribution in [3.05, 3.63) is 29.8 Å². The highest BCUT2D eigenvalue weighted by Crippen LogP contribution is 2.09. The van der Waals surface area contributed by atoms with Crippen molar-refractivity contribution in [1.29, 1.82) is 0 Å². The number of carbonyl (C=O) groups is 1. The number of carbonyl (C=O) groups excluding carboxylic acids is 1. The van der Waals surface area contributed by atoms with Crippen LogP contribution in [0.2, 0.25) is 0 Å². The molecule has 0 unspecified atom stereocenters. The van der Waals surface area contributed by atoms with Gasteiger partial charge in [0, 0.05) is 11.7 Å². The Hall–Kier alpha value is -0.930. The van der Waals surface area contributed by atoms with E-state index in [1.54, 1.807) is 25.1 Å². The number of nitrogens with two attached hydrogens (primary N) is 1. The van der Waals surface area contributed by atoms with Crippen LogP contribution in [0.25, 0.3) is 0 Å². The maximum Gasteiger partial charge on any atom is 0.253 e. The van der Waals surface area contributed by atoms with E-state index in [4.69, 9.17) is 28.9 Å². The summed E-state index contributed by atoms with van der Waals surface area (Å²) in [6.45, 7) is 5.52. The Balaban J connectivity index is 0.000000557. The minimum Gasteiger partial charge on any atom is -0.398 e. The van der Waals surface area contributed by atoms with Crippen molar-refractivity contribution in [3.63, 3.8) is 0 Å². The molecule has 0 aliphatic carbocycles. The van der Waals surface area contributed by atoms with Gasteiger partial charge >= 0.3 is 0 Å². The van der Waals surface area contributed by atoms with Gasteiger partial charge in [0.2, 0.25) is 0 Å². The number of halogens is 2. The second kappa shape index (κ2) is 8.20. The summed E-state index contributed by atoms with van der Waals surface area (Å²) in [7, 11) is 0. The van der Waals surface area contributed by atoms with Gasteiger partial charge in [-0.25, -0.2) is 0 Å². The molecule has 0 aliphatic rings. The Kier molecular flexibility index (Phi) is 7.75. The summed E-state index contributed by atoms with van der Waals surface area (Å²) in [5.41, 5.74) is 6.69. The lowest BCUT2D eigenvalue weighted by molar-refractivity contribution is 0.0944. The highest BCUT2D eigenvalue weighted by atomic mass is 35.5. The van der Waals surface area contributed by atoms with Crippen LogP contribution in [-0.4, -0.2) is 16.8 Å². The average molecular weight is 277 g/mol. The van der Waals surface area contributed by atoms with Crippen molar-refractivity contribution in [1.82, 2.24) is 5.32 Å². The lowest BCUT2D eigenvalue weighted by atomic mass is 10.1. The SMILES string of the molecule is CC(C)NC(=O)c1ccccc1N.CC(Cl)Cl. The predicted molar refractivity (Wildman–Crippen MR) is 74.6 cm³/mol. The minimum atomic E-state index is -0.222. The molecule has 0 radical (unpaired) electrons. The van der Waals surface area contributed by atoms with Crippen LogP contribution < -0.4 is 11.1 Å². The summed E-state index contributed by atoms with van der Waals surface area (Å²) in [5, 5.41) is 2.78. The average Bonchev–Trinajstić information content (AvgIpc) is 2.16. The summed E-state index contributed by atoms with van der Waals surface area (Å²) in [6, 6.07) is 7.17. The van der Waals surface area contributed by atoms with Crippen molar-refractivity contribution in [3.8, 4) is 0 Å². The van der Waals surface area contributed by atoms with Gasteiger partial charge in [-0.15, -0.1) is 23.2 Å². The van der Waals surface area contributed by atoms with E-state index in [-0.39, 0.29) is 16.8 Å². The molecule has 1 aromatic carbocycles. The number of hydrogen-bond acceptors (Lipinski definition) is 2. The van der Waals surface area contributed by atoms with E-state index in [2.05, 4.69) is 5.32 Å². The lowest BCUT2D eigenvalue weighted by Crippen LogP contribution is -2.30. The van der Waals surface area contributed by atoms with E-state index in [0.717, 1.165) is 0 Å². The third-order valence-electron chi connectivity index (χ3n) is 1.63. The maximum atomic E-state index is 11.5. The zero-order chi connectivity index (χ0) is 13.4. The molecule has 3 nitrogen and oxygen atoms in total. The van der Waals surface area contributed by atoms with Crippen molar-refractivity contribution in [2.24, 2.45) is 0 Å². The quantitative estimate of drug-likeness (QED) is 0.644. The van der Waals surface area contributed by atoms with Crippen LogP contribution in [0.3, 0.4) is 0 Å². The second-order valence-corrected chi connectivity index (χ2v) is 5.27. The molecule has 5 heteroatoms. The first kappa shape index (κ1) is 16.1. The number of hydrogen-bond donors (Lipinski definition) is 2. The topological polar surface area (TPSA) is 55.1 Å². The number of amides is 1. The van der Waals surface area contributed by atoms with E-state index < -0.39 is 0 Å². The third kappa shape index (κ3) is 7.88. The van der Waals surface area contributed by atoms with Crippen molar-refractivity contribution in [2.75, 3.05) is 5.73 Å². The number of nitrogens with one attached hydrogen (secondary N) is 1. The van der Waals surface area contributed by atoms with Crippen LogP contribution >= 0.6 is 23.2 Å². The third-order valence-corrected chi connectivity index (χ3v) is 1.63. The van der Waals surface area contributed by atoms with Gasteiger partial charge in [0.05, 0.1) is 5.56 Å². The fraction of sp³-hybridized carbons (Fsp3) is 0.417. The highest BCUT2D eigenvalue weighted by Gasteiger charge is 2.08. The monoisotopic (exact) mass is 276 g/mol. The fourth-order valence-corrected chi connectivity index (χ4v) is 1.04. The first-order valence-corrected chi connectivity index (χ1v) is 6.15. The fourth-order valence-electron chi connectivity index (χ4n) is 1.04. The van der Waals surface area contributed by atoms with Gasteiger partial charge in [0.15, 0.2) is 0 Å². The van der Waals surface area contributed by atoms with E-state index >= 15 is 0 Å². The van der Waals surface area contributed by atoms with Gasteiger partial charge in [-0.1, -0.05) is 12.1 Å². The number of anilines is 1. The van der Waals surface area contributed by atoms with Crippen LogP contribution in [0.1, 0.15) is 31.1 Å². The van der Waals surface area contributed by atoms with Gasteiger partial charge < -0.3 is 11.1 Å². The minimum absolute atomic E-state index is 0.117. The molecular weight excluding hydrogens is 259 g/mol. The van der Waals surface area contributed by atoms with E-state index in [0.29, 0.717) is 11.3 Å². The predicted octanol–water partition coefficient (Wildman–Crippen LogP) is 3.22. The first-order chi connectivity index (χ1) is 7.84. The molecule has 1 aromatic rings. The highest BCUT2D eigenvalue weighted by molar-refractivity contribution is 6.43. The Morgan fingerprint density at radius 1 is 1.24 bits per heavy atom. The Labute approximate surface area is 112 Å². The van der Waals surface area contributed by atoms with Crippen LogP contribution in [-0.2, 0) is 0 Å². The van der Waals surface area contributed by atoms with E-state index in [1.807, 2.05) is 19.9 Å². The zero-order valence-corrected chi connectivity index (χ0v) is 11.7. The molecule has 17 heavy (non-hydrogen) atoms. The van der Waals surface area contributed by atoms with Crippen molar-refractivity contribution < 1.29 is 4.79 Å². The molecule has 1 rings (SSSR count). The van der Waals surface area contributed by atoms with Gasteiger partial charge in [-0.2, -0.15) is 0 Å². The van der Waals surface area contributed by atoms with Gasteiger partial charge in [-0.05, 0) is 32.9 Å². The first-order valence-electron chi connectivity index (χ1n) is 5.28. The molecule has 0 atom stereocenters. The van der Waals surface area contributed by atoms with E-state index in [9.17, 15) is 4.79 Å². The largest absolute Gasteiger partial charge is 0.398 e. The number of para-hydroxylation sites is 1. The molecule has 0 saturated heterocycles. The number of benzene rings is 1. The molecule has 3 N–H and O–H groups in total. The Morgan fingerprint density at radius 2 is 1.71 bits per heavy atom. The zero-order valence-electron chi connectivity index (χ0n) is 10.2. The van der Waals surface area contributed by atoms with Gasteiger partial charge in [-0.3, -0.25) is 4.79 Å². The van der Waals surface area contributed by atoms with Gasteiger partial charge in [0.25, 0.3) is 5.91 Å². The molecule has 1 amide bonds. The molecule has 0 heterocycles. The standard InChI is InChI=1S/C10H14N2O.C2H4Cl2/c1-7(2)12-10(13)8-5-3-4-6-9(8)11;1-2(3)4/h3-7H,11H2,1-2H3,(H,12,13);2H,1H3. The molecule has 0 aliphatic heterocycles. The second-order valence-electron chi connectivity index (χ2n) is 3.73. The summed E-state index contributed by atoms with van der Waals surface area (Å²) in [4.78, 5) is 11.3. The van der Waals surface area contributed by atoms with Crippen molar-refractivity contribution >= 4 is 34.8 Å². The molecular formula is C12H18Cl2N2O. The summed E-state index contributed by atoms with van der Waals surface area (Å²) < 4.78 is 0. The molecule has 0 saturated carbocycles.